The molecule has 262 valence electrons. The van der Waals surface area contributed by atoms with Crippen LogP contribution in [0.4, 0.5) is 0 Å². The van der Waals surface area contributed by atoms with E-state index >= 15 is 0 Å². The number of rotatable bonds is 22. The molecule has 0 bridgehead atoms. The normalized spacial score (nSPS) is 19.6. The minimum Gasteiger partial charge on any atom is -0.494 e. The first-order chi connectivity index (χ1) is 21.7. The highest BCUT2D eigenvalue weighted by atomic mass is 16.7. The molecule has 0 spiro atoms. The predicted octanol–water partition coefficient (Wildman–Crippen LogP) is 9.32. The van der Waals surface area contributed by atoms with Crippen LogP contribution in [0.5, 0.6) is 11.5 Å². The zero-order chi connectivity index (χ0) is 33.8. The Morgan fingerprint density at radius 2 is 0.696 bits per heavy atom. The van der Waals surface area contributed by atoms with Crippen molar-refractivity contribution in [3.05, 3.63) is 12.1 Å². The van der Waals surface area contributed by atoms with E-state index in [-0.39, 0.29) is 0 Å². The van der Waals surface area contributed by atoms with Gasteiger partial charge in [-0.1, -0.05) is 104 Å². The van der Waals surface area contributed by atoms with Crippen molar-refractivity contribution in [2.24, 2.45) is 0 Å². The largest absolute Gasteiger partial charge is 0.498 e. The number of benzene rings is 1. The Kier molecular flexibility index (Phi) is 15.3. The van der Waals surface area contributed by atoms with E-state index in [4.69, 9.17) is 28.1 Å². The summed E-state index contributed by atoms with van der Waals surface area (Å²) < 4.78 is 39.3. The van der Waals surface area contributed by atoms with Crippen molar-refractivity contribution in [3.8, 4) is 11.5 Å². The van der Waals surface area contributed by atoms with Crippen LogP contribution >= 0.6 is 0 Å². The van der Waals surface area contributed by atoms with Crippen molar-refractivity contribution < 1.29 is 28.1 Å². The second-order valence-corrected chi connectivity index (χ2v) is 15.8. The second-order valence-electron chi connectivity index (χ2n) is 15.8. The molecule has 0 radical (unpaired) electrons. The summed E-state index contributed by atoms with van der Waals surface area (Å²) in [5.74, 6) is 1.51. The van der Waals surface area contributed by atoms with Crippen LogP contribution in [0.2, 0.25) is 0 Å². The lowest BCUT2D eigenvalue weighted by Crippen LogP contribution is -2.41. The van der Waals surface area contributed by atoms with Gasteiger partial charge in [-0.3, -0.25) is 0 Å². The molecule has 2 fully saturated rings. The molecule has 2 heterocycles. The van der Waals surface area contributed by atoms with E-state index in [0.717, 1.165) is 35.3 Å². The Labute approximate surface area is 284 Å². The number of unbranched alkanes of at least 4 members (excludes halogenated alkanes) is 14. The average Bonchev–Trinajstić information content (AvgIpc) is 3.34. The molecule has 1 aromatic rings. The van der Waals surface area contributed by atoms with E-state index in [2.05, 4.69) is 81.4 Å². The lowest BCUT2D eigenvalue weighted by Gasteiger charge is -2.32. The van der Waals surface area contributed by atoms with Crippen LogP contribution < -0.4 is 20.4 Å². The van der Waals surface area contributed by atoms with Crippen LogP contribution in [0.15, 0.2) is 12.1 Å². The first-order valence-electron chi connectivity index (χ1n) is 18.9. The maximum absolute atomic E-state index is 6.56. The summed E-state index contributed by atoms with van der Waals surface area (Å²) in [7, 11) is -1.12. The minimum atomic E-state index is -0.559. The van der Waals surface area contributed by atoms with Crippen molar-refractivity contribution in [3.63, 3.8) is 0 Å². The average molecular weight is 643 g/mol. The van der Waals surface area contributed by atoms with Gasteiger partial charge in [0.2, 0.25) is 0 Å². The van der Waals surface area contributed by atoms with Crippen molar-refractivity contribution >= 4 is 25.2 Å². The molecule has 2 saturated heterocycles. The van der Waals surface area contributed by atoms with Crippen LogP contribution in [0.1, 0.15) is 172 Å². The predicted molar refractivity (Wildman–Crippen MR) is 194 cm³/mol. The third-order valence-electron chi connectivity index (χ3n) is 10.7. The summed E-state index contributed by atoms with van der Waals surface area (Å²) in [5, 5.41) is 0. The molecule has 46 heavy (non-hydrogen) atoms. The van der Waals surface area contributed by atoms with E-state index < -0.39 is 36.6 Å². The number of hydrogen-bond acceptors (Lipinski definition) is 6. The van der Waals surface area contributed by atoms with E-state index in [0.29, 0.717) is 13.2 Å². The lowest BCUT2D eigenvalue weighted by molar-refractivity contribution is 0.00578. The fraction of sp³-hybridized carbons (Fsp3) is 0.842. The molecule has 1 aromatic carbocycles. The molecule has 8 heteroatoms. The Balaban J connectivity index is 1.80. The van der Waals surface area contributed by atoms with Crippen molar-refractivity contribution in [1.29, 1.82) is 0 Å². The van der Waals surface area contributed by atoms with Gasteiger partial charge in [0.05, 0.1) is 35.6 Å². The van der Waals surface area contributed by atoms with E-state index in [9.17, 15) is 0 Å². The SMILES string of the molecule is CCCCCCCCCCOc1cc(B2OC(C)(C)C(C)(C)O2)c(OCCCCCCCCCC)cc1B1OC(C)(C)C(C)(C)O1. The molecular formula is C38H68B2O6. The van der Waals surface area contributed by atoms with E-state index in [1.165, 1.54) is 89.9 Å². The third kappa shape index (κ3) is 10.9. The summed E-state index contributed by atoms with van der Waals surface area (Å²) in [6, 6.07) is 4.13. The third-order valence-corrected chi connectivity index (χ3v) is 10.7. The molecule has 6 nitrogen and oxygen atoms in total. The van der Waals surface area contributed by atoms with Crippen molar-refractivity contribution in [1.82, 2.24) is 0 Å². The fourth-order valence-corrected chi connectivity index (χ4v) is 5.99. The van der Waals surface area contributed by atoms with Gasteiger partial charge in [-0.2, -0.15) is 0 Å². The molecule has 2 aliphatic heterocycles. The molecule has 0 atom stereocenters. The van der Waals surface area contributed by atoms with Gasteiger partial charge in [0.25, 0.3) is 0 Å². The molecule has 3 rings (SSSR count). The van der Waals surface area contributed by atoms with Crippen LogP contribution in [-0.2, 0) is 18.6 Å². The molecule has 0 unspecified atom stereocenters. The molecule has 0 aromatic heterocycles. The first kappa shape index (κ1) is 39.2. The molecule has 0 amide bonds. The van der Waals surface area contributed by atoms with Crippen molar-refractivity contribution in [2.75, 3.05) is 13.2 Å². The standard InChI is InChI=1S/C38H68B2O6/c1-11-13-15-17-19-21-23-25-27-41-33-29-32(40-45-37(7,8)38(9,10)46-40)34(42-28-26-24-22-20-18-16-14-12-2)30-31(33)39-43-35(3,4)36(5,6)44-39/h29-30H,11-28H2,1-10H3. The summed E-state index contributed by atoms with van der Waals surface area (Å²) >= 11 is 0. The molecule has 0 aliphatic carbocycles. The topological polar surface area (TPSA) is 55.4 Å². The van der Waals surface area contributed by atoms with Gasteiger partial charge < -0.3 is 28.1 Å². The highest BCUT2D eigenvalue weighted by molar-refractivity contribution is 6.66. The van der Waals surface area contributed by atoms with Crippen LogP contribution in [0, 0.1) is 0 Å². The monoisotopic (exact) mass is 643 g/mol. The number of ether oxygens (including phenoxy) is 2. The van der Waals surface area contributed by atoms with Crippen LogP contribution in [0.25, 0.3) is 0 Å². The molecule has 2 aliphatic rings. The maximum atomic E-state index is 6.56. The summed E-state index contributed by atoms with van der Waals surface area (Å²) in [6.45, 7) is 22.5. The van der Waals surface area contributed by atoms with Gasteiger partial charge in [0, 0.05) is 10.9 Å². The smallest absolute Gasteiger partial charge is 0.494 e. The zero-order valence-electron chi connectivity index (χ0n) is 31.5. The summed E-state index contributed by atoms with van der Waals surface area (Å²) in [5.41, 5.74) is -0.122. The lowest BCUT2D eigenvalue weighted by atomic mass is 9.72. The highest BCUT2D eigenvalue weighted by Gasteiger charge is 2.55. The summed E-state index contributed by atoms with van der Waals surface area (Å²) in [4.78, 5) is 0. The van der Waals surface area contributed by atoms with E-state index in [1.807, 2.05) is 0 Å². The van der Waals surface area contributed by atoms with Gasteiger partial charge in [0.1, 0.15) is 11.5 Å². The molecule has 0 N–H and O–H groups in total. The second kappa shape index (κ2) is 18.0. The quantitative estimate of drug-likeness (QED) is 0.0929. The Morgan fingerprint density at radius 3 is 0.978 bits per heavy atom. The van der Waals surface area contributed by atoms with Gasteiger partial charge in [-0.15, -0.1) is 0 Å². The van der Waals surface area contributed by atoms with Gasteiger partial charge in [-0.05, 0) is 80.4 Å². The Bertz CT molecular complexity index is 927. The number of hydrogen-bond donors (Lipinski definition) is 0. The minimum absolute atomic E-state index is 0.463. The Morgan fingerprint density at radius 1 is 0.435 bits per heavy atom. The highest BCUT2D eigenvalue weighted by Crippen LogP contribution is 2.39. The first-order valence-corrected chi connectivity index (χ1v) is 18.9. The van der Waals surface area contributed by atoms with E-state index in [1.54, 1.807) is 0 Å². The molecule has 0 saturated carbocycles. The van der Waals surface area contributed by atoms with Crippen molar-refractivity contribution in [2.45, 2.75) is 194 Å². The maximum Gasteiger partial charge on any atom is 0.498 e. The van der Waals surface area contributed by atoms with Gasteiger partial charge in [-0.25, -0.2) is 0 Å². The van der Waals surface area contributed by atoms with Crippen LogP contribution in [-0.4, -0.2) is 49.9 Å². The molecular weight excluding hydrogens is 574 g/mol. The van der Waals surface area contributed by atoms with Gasteiger partial charge >= 0.3 is 14.2 Å². The fourth-order valence-electron chi connectivity index (χ4n) is 5.99. The zero-order valence-corrected chi connectivity index (χ0v) is 31.5. The van der Waals surface area contributed by atoms with Crippen LogP contribution in [0.3, 0.4) is 0 Å². The summed E-state index contributed by atoms with van der Waals surface area (Å²) in [6.07, 6.45) is 20.1. The van der Waals surface area contributed by atoms with Gasteiger partial charge in [0.15, 0.2) is 0 Å². The Hall–Kier alpha value is -1.21.